The summed E-state index contributed by atoms with van der Waals surface area (Å²) in [6.07, 6.45) is 3.93. The van der Waals surface area contributed by atoms with E-state index in [4.69, 9.17) is 26.2 Å². The van der Waals surface area contributed by atoms with Crippen molar-refractivity contribution in [3.05, 3.63) is 153 Å². The molecule has 0 aliphatic rings. The number of rotatable bonds is 17. The maximum absolute atomic E-state index is 14.6. The molecular weight excluding hydrogens is 1030 g/mol. The largest absolute Gasteiger partial charge is 0.481 e. The van der Waals surface area contributed by atoms with Crippen molar-refractivity contribution in [2.45, 2.75) is 128 Å². The molecule has 0 atom stereocenters. The van der Waals surface area contributed by atoms with Crippen LogP contribution in [0.5, 0.6) is 11.8 Å². The first kappa shape index (κ1) is 61.4. The van der Waals surface area contributed by atoms with Crippen LogP contribution in [0, 0.1) is 25.5 Å². The summed E-state index contributed by atoms with van der Waals surface area (Å²) in [7, 11) is -4.78. The van der Waals surface area contributed by atoms with Crippen molar-refractivity contribution >= 4 is 42.8 Å². The number of aromatic nitrogens is 2. The van der Waals surface area contributed by atoms with Gasteiger partial charge in [0.1, 0.15) is 11.6 Å². The van der Waals surface area contributed by atoms with Gasteiger partial charge in [0.15, 0.2) is 0 Å². The van der Waals surface area contributed by atoms with Gasteiger partial charge in [-0.05, 0) is 193 Å². The molecule has 5 N–H and O–H groups in total. The summed E-state index contributed by atoms with van der Waals surface area (Å²) in [6, 6.07) is 21.9. The molecule has 19 heteroatoms. The van der Waals surface area contributed by atoms with E-state index < -0.39 is 48.2 Å². The number of amides is 1. The van der Waals surface area contributed by atoms with E-state index >= 15 is 0 Å². The molecule has 0 saturated carbocycles. The van der Waals surface area contributed by atoms with Crippen LogP contribution in [-0.4, -0.2) is 62.4 Å². The zero-order valence-corrected chi connectivity index (χ0v) is 46.7. The molecule has 1 amide bonds. The minimum atomic E-state index is -4.13. The summed E-state index contributed by atoms with van der Waals surface area (Å²) in [4.78, 5) is 32.2. The quantitative estimate of drug-likeness (QED) is 0.0626. The Morgan fingerprint density at radius 3 is 1.40 bits per heavy atom. The number of primary sulfonamides is 1. The number of sulfonamides is 2. The highest BCUT2D eigenvalue weighted by Gasteiger charge is 2.25. The molecule has 6 aromatic rings. The van der Waals surface area contributed by atoms with Crippen LogP contribution in [0.4, 0.5) is 8.78 Å². The number of carbonyl (C=O) groups excluding carboxylic acids is 2. The number of nitrogens with one attached hydrogen (secondary N) is 1. The second-order valence-electron chi connectivity index (χ2n) is 19.5. The lowest BCUT2D eigenvalue weighted by Gasteiger charge is -2.20. The summed E-state index contributed by atoms with van der Waals surface area (Å²) in [5.74, 6) is -0.463. The predicted molar refractivity (Wildman–Crippen MR) is 288 cm³/mol. The van der Waals surface area contributed by atoms with E-state index in [1.807, 2.05) is 27.7 Å². The lowest BCUT2D eigenvalue weighted by molar-refractivity contribution is -0.119. The van der Waals surface area contributed by atoms with Crippen molar-refractivity contribution < 1.29 is 54.9 Å². The van der Waals surface area contributed by atoms with Gasteiger partial charge in [0.05, 0.1) is 35.2 Å². The first-order valence-corrected chi connectivity index (χ1v) is 27.3. The van der Waals surface area contributed by atoms with E-state index in [9.17, 15) is 45.4 Å². The fraction of sp³-hybridized carbons (Fsp3) is 0.357. The Kier molecular flexibility index (Phi) is 21.0. The number of nitrogens with two attached hydrogens (primary N) is 1. The molecule has 404 valence electrons. The van der Waals surface area contributed by atoms with Gasteiger partial charge in [-0.15, -0.1) is 0 Å². The third kappa shape index (κ3) is 17.2. The number of pyridine rings is 2. The zero-order valence-electron chi connectivity index (χ0n) is 44.3. The average molecular weight is 1090 g/mol. The van der Waals surface area contributed by atoms with Gasteiger partial charge in [-0.3, -0.25) is 9.59 Å². The summed E-state index contributed by atoms with van der Waals surface area (Å²) in [5, 5.41) is 24.5. The smallest absolute Gasteiger partial charge is 0.264 e. The zero-order chi connectivity index (χ0) is 56.4. The van der Waals surface area contributed by atoms with Crippen molar-refractivity contribution in [2.75, 3.05) is 14.2 Å². The molecule has 4 aromatic carbocycles. The Labute approximate surface area is 444 Å². The molecule has 0 saturated heterocycles. The first-order valence-electron chi connectivity index (χ1n) is 23.9. The Hall–Kier alpha value is -6.15. The van der Waals surface area contributed by atoms with Crippen LogP contribution in [0.1, 0.15) is 125 Å². The van der Waals surface area contributed by atoms with E-state index in [2.05, 4.69) is 14.7 Å². The van der Waals surface area contributed by atoms with Crippen LogP contribution in [0.3, 0.4) is 0 Å². The molecule has 75 heavy (non-hydrogen) atoms. The van der Waals surface area contributed by atoms with Crippen LogP contribution in [0.2, 0.25) is 0 Å². The Morgan fingerprint density at radius 2 is 1.05 bits per heavy atom. The fourth-order valence-corrected chi connectivity index (χ4v) is 10.3. The maximum atomic E-state index is 14.6. The molecule has 6 rings (SSSR count). The van der Waals surface area contributed by atoms with Gasteiger partial charge in [-0.25, -0.2) is 45.4 Å². The number of carbonyl (C=O) groups is 2. The van der Waals surface area contributed by atoms with Gasteiger partial charge in [0, 0.05) is 37.4 Å². The lowest BCUT2D eigenvalue weighted by Crippen LogP contribution is -2.31. The number of aliphatic hydroxyl groups is 2. The van der Waals surface area contributed by atoms with Gasteiger partial charge < -0.3 is 19.7 Å². The molecule has 0 bridgehead atoms. The van der Waals surface area contributed by atoms with Crippen LogP contribution in [0.25, 0.3) is 22.3 Å². The molecule has 0 fully saturated rings. The molecule has 0 aliphatic heterocycles. The van der Waals surface area contributed by atoms with Gasteiger partial charge in [0.25, 0.3) is 10.0 Å². The number of methoxy groups -OCH3 is 2. The van der Waals surface area contributed by atoms with Crippen LogP contribution < -0.4 is 19.3 Å². The van der Waals surface area contributed by atoms with E-state index in [0.717, 1.165) is 33.4 Å². The summed E-state index contributed by atoms with van der Waals surface area (Å²) in [5.41, 5.74) is 6.18. The Balaban J connectivity index is 0.000000271. The molecule has 2 aromatic heterocycles. The Bertz CT molecular complexity index is 3250. The molecule has 0 aliphatic carbocycles. The van der Waals surface area contributed by atoms with E-state index in [1.54, 1.807) is 96.4 Å². The standard InChI is InChI=1S/C28H33FN2O5S.C18H19ClFNO2.C10H15NO3S/c1-17(2)23-15-21(29)16-24(19-11-12-30-27(14-19)36-6)22(23)8-10-26(32)31-37(34,35)25-9-7-20(13-18(25)3)28(4,5)33;1-11(2)15-9-13(20)10-16(14(15)4-5-17(19)22)12-6-7-21-18(8-12)23-3;1-7-6-8(10(2,3)12)4-5-9(7)15(11,13)14/h7,9,11-17,33H,8,10H2,1-6H3,(H,31,32);6-11H,4-5H2,1-3H3;4-6,12H,1-3H3,(H2,11,13,14). The van der Waals surface area contributed by atoms with Crippen molar-refractivity contribution in [3.8, 4) is 34.0 Å². The summed E-state index contributed by atoms with van der Waals surface area (Å²) >= 11 is 5.49. The number of aryl methyl sites for hydroxylation is 2. The van der Waals surface area contributed by atoms with E-state index in [-0.39, 0.29) is 46.7 Å². The minimum Gasteiger partial charge on any atom is -0.481 e. The SMILES string of the molecule is COc1cc(-c2cc(F)cc(C(C)C)c2CCC(=O)Cl)ccn1.COc1cc(-c2cc(F)cc(C(C)C)c2CCC(=O)NS(=O)(=O)c2ccc(C(C)(C)O)cc2C)ccn1.Cc1cc(C(C)(C)O)ccc1S(N)(=O)=O. The van der Waals surface area contributed by atoms with Gasteiger partial charge in [-0.2, -0.15) is 0 Å². The summed E-state index contributed by atoms with van der Waals surface area (Å²) in [6.45, 7) is 17.6. The van der Waals surface area contributed by atoms with Crippen molar-refractivity contribution in [2.24, 2.45) is 5.14 Å². The third-order valence-electron chi connectivity index (χ3n) is 12.0. The first-order chi connectivity index (χ1) is 34.8. The number of nitrogens with zero attached hydrogens (tertiary/aromatic N) is 2. The third-order valence-corrected chi connectivity index (χ3v) is 14.8. The second-order valence-corrected chi connectivity index (χ2v) is 23.1. The topological polar surface area (TPSA) is 225 Å². The average Bonchev–Trinajstić information content (AvgIpc) is 3.31. The highest BCUT2D eigenvalue weighted by atomic mass is 35.5. The number of hydrogen-bond donors (Lipinski definition) is 4. The number of ether oxygens (including phenoxy) is 2. The molecular formula is C56H67ClF2N4O10S2. The highest BCUT2D eigenvalue weighted by Crippen LogP contribution is 2.36. The molecule has 0 radical (unpaired) electrons. The number of benzene rings is 4. The number of hydrogen-bond acceptors (Lipinski definition) is 12. The monoisotopic (exact) mass is 1090 g/mol. The minimum absolute atomic E-state index is 0.0306. The maximum Gasteiger partial charge on any atom is 0.264 e. The molecule has 2 heterocycles. The van der Waals surface area contributed by atoms with Crippen LogP contribution in [0.15, 0.2) is 107 Å². The summed E-state index contributed by atoms with van der Waals surface area (Å²) < 4.78 is 89.3. The van der Waals surface area contributed by atoms with Crippen LogP contribution in [-0.2, 0) is 53.7 Å². The normalized spacial score (nSPS) is 11.8. The predicted octanol–water partition coefficient (Wildman–Crippen LogP) is 10.6. The van der Waals surface area contributed by atoms with Crippen molar-refractivity contribution in [1.82, 2.24) is 14.7 Å². The van der Waals surface area contributed by atoms with Gasteiger partial charge in [-0.1, -0.05) is 52.0 Å². The van der Waals surface area contributed by atoms with Crippen molar-refractivity contribution in [3.63, 3.8) is 0 Å². The van der Waals surface area contributed by atoms with Crippen molar-refractivity contribution in [1.29, 1.82) is 0 Å². The van der Waals surface area contributed by atoms with Gasteiger partial charge >= 0.3 is 0 Å². The lowest BCUT2D eigenvalue weighted by atomic mass is 9.87. The fourth-order valence-electron chi connectivity index (χ4n) is 8.19. The second kappa shape index (κ2) is 25.6. The van der Waals surface area contributed by atoms with E-state index in [0.29, 0.717) is 51.6 Å². The van der Waals surface area contributed by atoms with Gasteiger partial charge in [0.2, 0.25) is 32.9 Å². The molecule has 0 unspecified atom stereocenters. The Morgan fingerprint density at radius 1 is 0.653 bits per heavy atom. The van der Waals surface area contributed by atoms with Crippen LogP contribution >= 0.6 is 11.6 Å². The molecule has 14 nitrogen and oxygen atoms in total. The highest BCUT2D eigenvalue weighted by molar-refractivity contribution is 7.90. The molecule has 0 spiro atoms. The van der Waals surface area contributed by atoms with E-state index in [1.165, 1.54) is 56.7 Å². The number of halogens is 3.